The van der Waals surface area contributed by atoms with Gasteiger partial charge >= 0.3 is 0 Å². The Morgan fingerprint density at radius 2 is 2.38 bits per heavy atom. The SMILES string of the molecule is Cn1cnc(Cl)c1-c1cc(N)on1. The summed E-state index contributed by atoms with van der Waals surface area (Å²) in [7, 11) is 1.82. The summed E-state index contributed by atoms with van der Waals surface area (Å²) in [5, 5.41) is 4.12. The van der Waals surface area contributed by atoms with Crippen LogP contribution in [0.25, 0.3) is 11.4 Å². The fraction of sp³-hybridized carbons (Fsp3) is 0.143. The molecule has 0 fully saturated rings. The third kappa shape index (κ3) is 1.27. The summed E-state index contributed by atoms with van der Waals surface area (Å²) in [5.41, 5.74) is 6.66. The number of aromatic nitrogens is 3. The molecule has 0 aliphatic heterocycles. The predicted molar refractivity (Wildman–Crippen MR) is 48.1 cm³/mol. The topological polar surface area (TPSA) is 69.9 Å². The van der Waals surface area contributed by atoms with Crippen LogP contribution in [0.2, 0.25) is 5.15 Å². The summed E-state index contributed by atoms with van der Waals surface area (Å²) in [6.07, 6.45) is 1.60. The van der Waals surface area contributed by atoms with Gasteiger partial charge in [0.25, 0.3) is 0 Å². The Morgan fingerprint density at radius 1 is 1.62 bits per heavy atom. The molecule has 5 nitrogen and oxygen atoms in total. The van der Waals surface area contributed by atoms with E-state index >= 15 is 0 Å². The molecule has 0 aliphatic carbocycles. The standard InChI is InChI=1S/C7H7ClN4O/c1-12-3-10-7(8)6(12)4-2-5(9)13-11-4/h2-3H,9H2,1H3. The zero-order valence-electron chi connectivity index (χ0n) is 6.86. The molecule has 0 atom stereocenters. The Hall–Kier alpha value is -1.49. The van der Waals surface area contributed by atoms with E-state index in [9.17, 15) is 0 Å². The Kier molecular flexibility index (Phi) is 1.73. The second-order valence-corrected chi connectivity index (χ2v) is 2.97. The van der Waals surface area contributed by atoms with Gasteiger partial charge in [0.2, 0.25) is 5.88 Å². The Morgan fingerprint density at radius 3 is 2.85 bits per heavy atom. The minimum absolute atomic E-state index is 0.257. The number of aryl methyl sites for hydroxylation is 1. The highest BCUT2D eigenvalue weighted by Crippen LogP contribution is 2.25. The van der Waals surface area contributed by atoms with Crippen LogP contribution in [-0.2, 0) is 7.05 Å². The van der Waals surface area contributed by atoms with Crippen LogP contribution in [0.3, 0.4) is 0 Å². The van der Waals surface area contributed by atoms with Gasteiger partial charge in [-0.05, 0) is 0 Å². The van der Waals surface area contributed by atoms with Crippen LogP contribution >= 0.6 is 11.6 Å². The van der Waals surface area contributed by atoms with Gasteiger partial charge in [0.05, 0.1) is 6.33 Å². The van der Waals surface area contributed by atoms with Gasteiger partial charge in [0.1, 0.15) is 11.4 Å². The monoisotopic (exact) mass is 198 g/mol. The first kappa shape index (κ1) is 8.12. The lowest BCUT2D eigenvalue weighted by Gasteiger charge is -1.95. The summed E-state index contributed by atoms with van der Waals surface area (Å²) in [4.78, 5) is 3.91. The molecule has 2 N–H and O–H groups in total. The summed E-state index contributed by atoms with van der Waals surface area (Å²) in [5.74, 6) is 0.257. The van der Waals surface area contributed by atoms with Crippen molar-refractivity contribution >= 4 is 17.5 Å². The Balaban J connectivity index is 2.57. The molecule has 0 saturated carbocycles. The minimum Gasteiger partial charge on any atom is -0.368 e. The molecule has 2 aromatic heterocycles. The molecule has 2 aromatic rings. The molecule has 0 saturated heterocycles. The average Bonchev–Trinajstić information content (AvgIpc) is 2.60. The number of anilines is 1. The van der Waals surface area contributed by atoms with Gasteiger partial charge in [0, 0.05) is 13.1 Å². The largest absolute Gasteiger partial charge is 0.368 e. The second kappa shape index (κ2) is 2.77. The zero-order chi connectivity index (χ0) is 9.42. The quantitative estimate of drug-likeness (QED) is 0.750. The fourth-order valence-electron chi connectivity index (χ4n) is 1.09. The van der Waals surface area contributed by atoms with Gasteiger partial charge in [-0.3, -0.25) is 0 Å². The number of rotatable bonds is 1. The number of imidazole rings is 1. The maximum atomic E-state index is 5.83. The lowest BCUT2D eigenvalue weighted by atomic mass is 10.3. The number of nitrogens with zero attached hydrogens (tertiary/aromatic N) is 3. The van der Waals surface area contributed by atoms with Crippen LogP contribution in [-0.4, -0.2) is 14.7 Å². The zero-order valence-corrected chi connectivity index (χ0v) is 7.62. The van der Waals surface area contributed by atoms with E-state index in [2.05, 4.69) is 10.1 Å². The van der Waals surface area contributed by atoms with Crippen LogP contribution < -0.4 is 5.73 Å². The third-order valence-electron chi connectivity index (χ3n) is 1.66. The Bertz CT molecular complexity index is 414. The van der Waals surface area contributed by atoms with Crippen molar-refractivity contribution in [1.29, 1.82) is 0 Å². The maximum absolute atomic E-state index is 5.83. The van der Waals surface area contributed by atoms with Gasteiger partial charge in [-0.1, -0.05) is 16.8 Å². The molecule has 13 heavy (non-hydrogen) atoms. The minimum atomic E-state index is 0.257. The van der Waals surface area contributed by atoms with E-state index in [1.54, 1.807) is 17.0 Å². The van der Waals surface area contributed by atoms with E-state index in [1.165, 1.54) is 0 Å². The van der Waals surface area contributed by atoms with Crippen molar-refractivity contribution in [3.05, 3.63) is 17.5 Å². The molecular weight excluding hydrogens is 192 g/mol. The first-order valence-corrected chi connectivity index (χ1v) is 3.95. The first-order chi connectivity index (χ1) is 6.18. The van der Waals surface area contributed by atoms with Crippen LogP contribution in [0.15, 0.2) is 16.9 Å². The molecule has 0 spiro atoms. The van der Waals surface area contributed by atoms with Crippen molar-refractivity contribution in [2.24, 2.45) is 7.05 Å². The maximum Gasteiger partial charge on any atom is 0.222 e. The number of halogens is 1. The molecule has 2 heterocycles. The molecule has 68 valence electrons. The van der Waals surface area contributed by atoms with Gasteiger partial charge < -0.3 is 14.8 Å². The highest BCUT2D eigenvalue weighted by Gasteiger charge is 2.12. The van der Waals surface area contributed by atoms with Crippen LogP contribution in [0, 0.1) is 0 Å². The van der Waals surface area contributed by atoms with Crippen LogP contribution in [0.5, 0.6) is 0 Å². The van der Waals surface area contributed by atoms with E-state index in [-0.39, 0.29) is 5.88 Å². The first-order valence-electron chi connectivity index (χ1n) is 3.58. The molecule has 0 aromatic carbocycles. The number of nitrogen functional groups attached to an aromatic ring is 1. The summed E-state index contributed by atoms with van der Waals surface area (Å²) in [6, 6.07) is 1.60. The van der Waals surface area contributed by atoms with E-state index in [0.717, 1.165) is 0 Å². The highest BCUT2D eigenvalue weighted by atomic mass is 35.5. The van der Waals surface area contributed by atoms with Gasteiger partial charge in [-0.2, -0.15) is 0 Å². The lowest BCUT2D eigenvalue weighted by molar-refractivity contribution is 0.438. The van der Waals surface area contributed by atoms with Crippen molar-refractivity contribution in [2.75, 3.05) is 5.73 Å². The molecule has 0 amide bonds. The fourth-order valence-corrected chi connectivity index (χ4v) is 1.36. The van der Waals surface area contributed by atoms with Crippen LogP contribution in [0.1, 0.15) is 0 Å². The summed E-state index contributed by atoms with van der Waals surface area (Å²) < 4.78 is 6.48. The van der Waals surface area contributed by atoms with Crippen LogP contribution in [0.4, 0.5) is 5.88 Å². The van der Waals surface area contributed by atoms with Gasteiger partial charge in [0.15, 0.2) is 5.15 Å². The predicted octanol–water partition coefficient (Wildman–Crippen LogP) is 1.31. The smallest absolute Gasteiger partial charge is 0.222 e. The third-order valence-corrected chi connectivity index (χ3v) is 1.94. The average molecular weight is 199 g/mol. The highest BCUT2D eigenvalue weighted by molar-refractivity contribution is 6.31. The molecule has 0 bridgehead atoms. The molecule has 0 radical (unpaired) electrons. The molecule has 2 rings (SSSR count). The van der Waals surface area contributed by atoms with E-state index in [4.69, 9.17) is 21.9 Å². The van der Waals surface area contributed by atoms with Crippen molar-refractivity contribution in [2.45, 2.75) is 0 Å². The Labute approximate surface area is 79.1 Å². The molecule has 6 heteroatoms. The number of hydrogen-bond donors (Lipinski definition) is 1. The molecule has 0 unspecified atom stereocenters. The number of nitrogens with two attached hydrogens (primary N) is 1. The van der Waals surface area contributed by atoms with E-state index in [1.807, 2.05) is 7.05 Å². The lowest BCUT2D eigenvalue weighted by Crippen LogP contribution is -1.89. The molecular formula is C7H7ClN4O. The summed E-state index contributed by atoms with van der Waals surface area (Å²) >= 11 is 5.83. The van der Waals surface area contributed by atoms with Crippen molar-refractivity contribution in [3.63, 3.8) is 0 Å². The molecule has 0 aliphatic rings. The summed E-state index contributed by atoms with van der Waals surface area (Å²) in [6.45, 7) is 0. The van der Waals surface area contributed by atoms with Crippen molar-refractivity contribution in [1.82, 2.24) is 14.7 Å². The van der Waals surface area contributed by atoms with E-state index < -0.39 is 0 Å². The van der Waals surface area contributed by atoms with Gasteiger partial charge in [-0.15, -0.1) is 0 Å². The normalized spacial score (nSPS) is 10.6. The van der Waals surface area contributed by atoms with E-state index in [0.29, 0.717) is 16.5 Å². The number of hydrogen-bond acceptors (Lipinski definition) is 4. The van der Waals surface area contributed by atoms with Crippen molar-refractivity contribution in [3.8, 4) is 11.4 Å². The van der Waals surface area contributed by atoms with Gasteiger partial charge in [-0.25, -0.2) is 4.98 Å². The van der Waals surface area contributed by atoms with Crippen molar-refractivity contribution < 1.29 is 4.52 Å². The second-order valence-electron chi connectivity index (χ2n) is 2.61.